The number of halogens is 1. The highest BCUT2D eigenvalue weighted by atomic mass is 19.1. The van der Waals surface area contributed by atoms with Crippen LogP contribution in [0.1, 0.15) is 39.4 Å². The minimum absolute atomic E-state index is 0.175. The Morgan fingerprint density at radius 3 is 2.67 bits per heavy atom. The van der Waals surface area contributed by atoms with Crippen molar-refractivity contribution < 1.29 is 9.18 Å². The number of nitrogens with one attached hydrogen (secondary N) is 2. The first kappa shape index (κ1) is 21.5. The number of piperazine rings is 1. The van der Waals surface area contributed by atoms with Crippen LogP contribution in [-0.4, -0.2) is 59.0 Å². The van der Waals surface area contributed by atoms with E-state index in [-0.39, 0.29) is 17.0 Å². The Morgan fingerprint density at radius 2 is 1.94 bits per heavy atom. The second kappa shape index (κ2) is 8.55. The zero-order valence-corrected chi connectivity index (χ0v) is 18.9. The van der Waals surface area contributed by atoms with Gasteiger partial charge in [0.1, 0.15) is 5.69 Å². The van der Waals surface area contributed by atoms with E-state index < -0.39 is 5.82 Å². The van der Waals surface area contributed by atoms with Crippen molar-refractivity contribution in [2.24, 2.45) is 0 Å². The summed E-state index contributed by atoms with van der Waals surface area (Å²) in [5.41, 5.74) is 4.41. The number of anilines is 1. The molecule has 0 bridgehead atoms. The zero-order valence-electron chi connectivity index (χ0n) is 18.9. The summed E-state index contributed by atoms with van der Waals surface area (Å²) in [6.45, 7) is 5.32. The quantitative estimate of drug-likeness (QED) is 0.631. The van der Waals surface area contributed by atoms with Gasteiger partial charge in [0.05, 0.1) is 22.6 Å². The summed E-state index contributed by atoms with van der Waals surface area (Å²) in [6.07, 6.45) is 4.19. The molecular formula is C24H27FN6O2. The van der Waals surface area contributed by atoms with Gasteiger partial charge >= 0.3 is 0 Å². The summed E-state index contributed by atoms with van der Waals surface area (Å²) < 4.78 is 15.3. The largest absolute Gasteiger partial charge is 0.368 e. The lowest BCUT2D eigenvalue weighted by Gasteiger charge is -2.36. The lowest BCUT2D eigenvalue weighted by Crippen LogP contribution is -2.46. The highest BCUT2D eigenvalue weighted by Gasteiger charge is 2.24. The van der Waals surface area contributed by atoms with Crippen LogP contribution >= 0.6 is 0 Å². The number of hydrogen-bond acceptors (Lipinski definition) is 6. The van der Waals surface area contributed by atoms with Gasteiger partial charge in [-0.3, -0.25) is 19.5 Å². The first-order valence-electron chi connectivity index (χ1n) is 11.3. The van der Waals surface area contributed by atoms with Crippen LogP contribution in [0.3, 0.4) is 0 Å². The van der Waals surface area contributed by atoms with E-state index in [0.717, 1.165) is 73.3 Å². The molecule has 1 aliphatic heterocycles. The van der Waals surface area contributed by atoms with Crippen LogP contribution in [0.15, 0.2) is 23.1 Å². The number of rotatable bonds is 4. The van der Waals surface area contributed by atoms with E-state index in [9.17, 15) is 9.59 Å². The van der Waals surface area contributed by atoms with Crippen molar-refractivity contribution in [1.82, 2.24) is 25.2 Å². The Balaban J connectivity index is 1.30. The Hall–Kier alpha value is -3.33. The van der Waals surface area contributed by atoms with Gasteiger partial charge in [-0.15, -0.1) is 0 Å². The number of H-pyrrole nitrogens is 1. The van der Waals surface area contributed by atoms with Crippen molar-refractivity contribution in [3.05, 3.63) is 62.7 Å². The lowest BCUT2D eigenvalue weighted by molar-refractivity contribution is 0.0958. The lowest BCUT2D eigenvalue weighted by atomic mass is 10.1. The van der Waals surface area contributed by atoms with Crippen molar-refractivity contribution in [3.63, 3.8) is 0 Å². The van der Waals surface area contributed by atoms with Crippen LogP contribution in [0.2, 0.25) is 0 Å². The van der Waals surface area contributed by atoms with Gasteiger partial charge in [-0.25, -0.2) is 9.37 Å². The molecule has 0 saturated carbocycles. The van der Waals surface area contributed by atoms with Crippen LogP contribution in [0.5, 0.6) is 0 Å². The first-order chi connectivity index (χ1) is 16.0. The second-order valence-electron chi connectivity index (χ2n) is 8.72. The van der Waals surface area contributed by atoms with Crippen molar-refractivity contribution in [3.8, 4) is 0 Å². The molecule has 4 heterocycles. The van der Waals surface area contributed by atoms with Crippen LogP contribution in [0.4, 0.5) is 10.1 Å². The number of fused-ring (bicyclic) bond motifs is 3. The molecule has 33 heavy (non-hydrogen) atoms. The standard InChI is InChI=1S/C24H27FN6O2/c1-14-20(7-6-18(28-14)24(33)26-2)31-10-8-30(9-11-31)13-19-21(25)22-17(12-27-19)15-4-3-5-16(15)23(32)29-22/h6-7,12H,3-5,8-11,13H2,1-2H3,(H,26,33)(H,29,32). The zero-order chi connectivity index (χ0) is 23.1. The van der Waals surface area contributed by atoms with E-state index in [0.29, 0.717) is 17.9 Å². The Morgan fingerprint density at radius 1 is 1.18 bits per heavy atom. The first-order valence-corrected chi connectivity index (χ1v) is 11.3. The van der Waals surface area contributed by atoms with Crippen molar-refractivity contribution in [2.45, 2.75) is 32.7 Å². The summed E-state index contributed by atoms with van der Waals surface area (Å²) in [5.74, 6) is -0.628. The number of aromatic amines is 1. The maximum absolute atomic E-state index is 15.3. The molecule has 1 fully saturated rings. The van der Waals surface area contributed by atoms with Crippen LogP contribution in [-0.2, 0) is 19.4 Å². The topological polar surface area (TPSA) is 94.2 Å². The number of pyridine rings is 3. The molecule has 5 rings (SSSR count). The summed E-state index contributed by atoms with van der Waals surface area (Å²) in [4.78, 5) is 40.2. The number of amides is 1. The van der Waals surface area contributed by atoms with Gasteiger partial charge < -0.3 is 15.2 Å². The van der Waals surface area contributed by atoms with Gasteiger partial charge in [-0.1, -0.05) is 0 Å². The molecule has 3 aromatic rings. The van der Waals surface area contributed by atoms with Gasteiger partial charge in [0.25, 0.3) is 11.5 Å². The molecule has 1 amide bonds. The summed E-state index contributed by atoms with van der Waals surface area (Å²) in [7, 11) is 1.59. The average molecular weight is 451 g/mol. The van der Waals surface area contributed by atoms with E-state index in [1.165, 1.54) is 0 Å². The molecule has 2 N–H and O–H groups in total. The minimum atomic E-state index is -0.424. The number of hydrogen-bond donors (Lipinski definition) is 2. The summed E-state index contributed by atoms with van der Waals surface area (Å²) in [5, 5.41) is 3.32. The van der Waals surface area contributed by atoms with Crippen molar-refractivity contribution >= 4 is 22.5 Å². The number of carbonyl (C=O) groups excluding carboxylic acids is 1. The van der Waals surface area contributed by atoms with E-state index in [2.05, 4.69) is 30.1 Å². The van der Waals surface area contributed by atoms with Gasteiger partial charge in [0, 0.05) is 56.9 Å². The third-order valence-corrected chi connectivity index (χ3v) is 6.75. The molecule has 0 radical (unpaired) electrons. The van der Waals surface area contributed by atoms with E-state index >= 15 is 4.39 Å². The van der Waals surface area contributed by atoms with Gasteiger partial charge in [-0.05, 0) is 43.9 Å². The monoisotopic (exact) mass is 450 g/mol. The summed E-state index contributed by atoms with van der Waals surface area (Å²) in [6, 6.07) is 3.67. The molecule has 172 valence electrons. The average Bonchev–Trinajstić information content (AvgIpc) is 3.32. The predicted molar refractivity (Wildman–Crippen MR) is 124 cm³/mol. The molecule has 0 aromatic carbocycles. The SMILES string of the molecule is CNC(=O)c1ccc(N2CCN(Cc3ncc4c5c(c(=O)[nH]c4c3F)CCC5)CC2)c(C)n1. The smallest absolute Gasteiger partial charge is 0.269 e. The number of aromatic nitrogens is 3. The number of nitrogens with zero attached hydrogens (tertiary/aromatic N) is 4. The van der Waals surface area contributed by atoms with E-state index in [1.54, 1.807) is 19.3 Å². The third-order valence-electron chi connectivity index (χ3n) is 6.75. The van der Waals surface area contributed by atoms with Crippen LogP contribution < -0.4 is 15.8 Å². The maximum Gasteiger partial charge on any atom is 0.269 e. The van der Waals surface area contributed by atoms with Gasteiger partial charge in [0.15, 0.2) is 5.82 Å². The highest BCUT2D eigenvalue weighted by molar-refractivity contribution is 5.92. The Labute approximate surface area is 190 Å². The molecule has 0 unspecified atom stereocenters. The van der Waals surface area contributed by atoms with Crippen molar-refractivity contribution in [2.75, 3.05) is 38.1 Å². The summed E-state index contributed by atoms with van der Waals surface area (Å²) >= 11 is 0. The van der Waals surface area contributed by atoms with E-state index in [4.69, 9.17) is 0 Å². The highest BCUT2D eigenvalue weighted by Crippen LogP contribution is 2.28. The molecular weight excluding hydrogens is 423 g/mol. The van der Waals surface area contributed by atoms with Crippen molar-refractivity contribution in [1.29, 1.82) is 0 Å². The molecule has 3 aromatic heterocycles. The predicted octanol–water partition coefficient (Wildman–Crippen LogP) is 1.94. The van der Waals surface area contributed by atoms with Gasteiger partial charge in [0.2, 0.25) is 0 Å². The third kappa shape index (κ3) is 3.86. The fourth-order valence-corrected chi connectivity index (χ4v) is 4.97. The molecule has 9 heteroatoms. The van der Waals surface area contributed by atoms with Crippen LogP contribution in [0.25, 0.3) is 10.9 Å². The normalized spacial score (nSPS) is 16.3. The second-order valence-corrected chi connectivity index (χ2v) is 8.72. The Bertz CT molecular complexity index is 1300. The molecule has 1 aliphatic carbocycles. The van der Waals surface area contributed by atoms with Gasteiger partial charge in [-0.2, -0.15) is 0 Å². The molecule has 8 nitrogen and oxygen atoms in total. The van der Waals surface area contributed by atoms with Crippen LogP contribution in [0, 0.1) is 12.7 Å². The fraction of sp³-hybridized carbons (Fsp3) is 0.417. The number of aryl methyl sites for hydroxylation is 2. The fourth-order valence-electron chi connectivity index (χ4n) is 4.97. The maximum atomic E-state index is 15.3. The minimum Gasteiger partial charge on any atom is -0.368 e. The Kier molecular flexibility index (Phi) is 5.57. The molecule has 2 aliphatic rings. The van der Waals surface area contributed by atoms with E-state index in [1.807, 2.05) is 13.0 Å². The molecule has 0 atom stereocenters. The molecule has 1 saturated heterocycles. The molecule has 0 spiro atoms. The number of carbonyl (C=O) groups is 1.